The number of aliphatic hydroxyl groups excluding tert-OH is 1. The second-order valence-corrected chi connectivity index (χ2v) is 7.28. The molecule has 1 aliphatic carbocycles. The number of hydrogen-bond donors (Lipinski definition) is 2. The number of carbonyl (C=O) groups excluding carboxylic acids is 1. The number of rotatable bonds is 6. The van der Waals surface area contributed by atoms with Crippen LogP contribution in [0.3, 0.4) is 0 Å². The third-order valence-electron chi connectivity index (χ3n) is 4.76. The third kappa shape index (κ3) is 12.4. The first-order valence-corrected chi connectivity index (χ1v) is 11.1. The Hall–Kier alpha value is -2.91. The molecule has 1 unspecified atom stereocenters. The highest BCUT2D eigenvalue weighted by Crippen LogP contribution is 2.04. The van der Waals surface area contributed by atoms with Gasteiger partial charge in [0, 0.05) is 6.54 Å². The van der Waals surface area contributed by atoms with Gasteiger partial charge in [-0.15, -0.1) is 0 Å². The molecule has 0 saturated carbocycles. The summed E-state index contributed by atoms with van der Waals surface area (Å²) in [5.74, 6) is -0.442. The van der Waals surface area contributed by atoms with Crippen molar-refractivity contribution < 1.29 is 9.90 Å². The number of aryl methyl sites for hydroxylation is 2. The second-order valence-electron chi connectivity index (χ2n) is 7.28. The maximum atomic E-state index is 11.4. The van der Waals surface area contributed by atoms with E-state index in [0.29, 0.717) is 6.54 Å². The molecule has 0 saturated heterocycles. The number of aliphatic hydroxyl groups is 1. The maximum absolute atomic E-state index is 11.4. The van der Waals surface area contributed by atoms with E-state index >= 15 is 0 Å². The Labute approximate surface area is 188 Å². The van der Waals surface area contributed by atoms with Crippen LogP contribution in [-0.2, 0) is 17.6 Å². The molecule has 166 valence electrons. The minimum Gasteiger partial charge on any atom is -0.396 e. The van der Waals surface area contributed by atoms with Gasteiger partial charge in [-0.1, -0.05) is 112 Å². The highest BCUT2D eigenvalue weighted by atomic mass is 16.3. The molecule has 31 heavy (non-hydrogen) atoms. The van der Waals surface area contributed by atoms with Gasteiger partial charge < -0.3 is 10.4 Å². The topological polar surface area (TPSA) is 49.3 Å². The zero-order valence-corrected chi connectivity index (χ0v) is 19.1. The number of carbonyl (C=O) groups is 1. The number of benzene rings is 2. The van der Waals surface area contributed by atoms with Gasteiger partial charge in [-0.3, -0.25) is 4.79 Å². The van der Waals surface area contributed by atoms with E-state index in [-0.39, 0.29) is 18.4 Å². The standard InChI is InChI=1S/C12H17NO2.2C8H10/c1-10(9-14)12(15)13-8-11-6-4-2-3-5-7-11;2*1-2-8-6-4-3-5-7-8/h2-4,6-7,10,14H,5,8-9H2,1H3,(H,13,15);2*3-7H,2H2,1H3. The van der Waals surface area contributed by atoms with Crippen LogP contribution in [-0.4, -0.2) is 24.2 Å². The van der Waals surface area contributed by atoms with Crippen LogP contribution in [0.2, 0.25) is 0 Å². The van der Waals surface area contributed by atoms with Crippen molar-refractivity contribution in [3.05, 3.63) is 108 Å². The monoisotopic (exact) mass is 419 g/mol. The summed E-state index contributed by atoms with van der Waals surface area (Å²) in [6.07, 6.45) is 13.2. The third-order valence-corrected chi connectivity index (χ3v) is 4.76. The molecule has 3 nitrogen and oxygen atoms in total. The lowest BCUT2D eigenvalue weighted by Gasteiger charge is -2.09. The molecule has 2 aromatic rings. The molecule has 1 atom stereocenters. The Kier molecular flexibility index (Phi) is 14.2. The Balaban J connectivity index is 0.000000253. The summed E-state index contributed by atoms with van der Waals surface area (Å²) in [7, 11) is 0. The fourth-order valence-electron chi connectivity index (χ4n) is 2.63. The van der Waals surface area contributed by atoms with E-state index in [2.05, 4.69) is 79.8 Å². The van der Waals surface area contributed by atoms with E-state index in [1.807, 2.05) is 30.4 Å². The van der Waals surface area contributed by atoms with Gasteiger partial charge in [-0.05, 0) is 36.0 Å². The van der Waals surface area contributed by atoms with Crippen molar-refractivity contribution in [1.82, 2.24) is 5.32 Å². The first-order valence-electron chi connectivity index (χ1n) is 11.1. The quantitative estimate of drug-likeness (QED) is 0.634. The van der Waals surface area contributed by atoms with Gasteiger partial charge in [0.05, 0.1) is 12.5 Å². The lowest BCUT2D eigenvalue weighted by Crippen LogP contribution is -2.32. The van der Waals surface area contributed by atoms with Gasteiger partial charge in [0.1, 0.15) is 0 Å². The van der Waals surface area contributed by atoms with Crippen molar-refractivity contribution in [3.63, 3.8) is 0 Å². The molecule has 1 aliphatic rings. The van der Waals surface area contributed by atoms with E-state index in [9.17, 15) is 4.79 Å². The molecule has 0 aliphatic heterocycles. The van der Waals surface area contributed by atoms with Crippen molar-refractivity contribution in [2.24, 2.45) is 5.92 Å². The van der Waals surface area contributed by atoms with Crippen molar-refractivity contribution >= 4 is 5.91 Å². The molecule has 0 fully saturated rings. The zero-order valence-electron chi connectivity index (χ0n) is 19.1. The summed E-state index contributed by atoms with van der Waals surface area (Å²) >= 11 is 0. The number of amides is 1. The van der Waals surface area contributed by atoms with Crippen LogP contribution in [0.4, 0.5) is 0 Å². The average molecular weight is 420 g/mol. The van der Waals surface area contributed by atoms with Gasteiger partial charge in [-0.25, -0.2) is 0 Å². The van der Waals surface area contributed by atoms with Gasteiger partial charge in [0.25, 0.3) is 0 Å². The van der Waals surface area contributed by atoms with Crippen LogP contribution >= 0.6 is 0 Å². The maximum Gasteiger partial charge on any atom is 0.225 e. The summed E-state index contributed by atoms with van der Waals surface area (Å²) in [4.78, 5) is 11.4. The predicted molar refractivity (Wildman–Crippen MR) is 132 cm³/mol. The molecular formula is C28H37NO2. The zero-order chi connectivity index (χ0) is 22.7. The number of allylic oxidation sites excluding steroid dienone is 4. The Morgan fingerprint density at radius 1 is 0.935 bits per heavy atom. The van der Waals surface area contributed by atoms with E-state index in [1.165, 1.54) is 11.1 Å². The van der Waals surface area contributed by atoms with Crippen LogP contribution in [0, 0.1) is 5.92 Å². The summed E-state index contributed by atoms with van der Waals surface area (Å²) in [6.45, 7) is 6.45. The molecule has 3 heteroatoms. The number of nitrogens with one attached hydrogen (secondary N) is 1. The fourth-order valence-corrected chi connectivity index (χ4v) is 2.63. The molecule has 2 aromatic carbocycles. The van der Waals surface area contributed by atoms with E-state index < -0.39 is 0 Å². The minimum atomic E-state index is -0.335. The van der Waals surface area contributed by atoms with Gasteiger partial charge in [-0.2, -0.15) is 0 Å². The first kappa shape index (κ1) is 26.1. The summed E-state index contributed by atoms with van der Waals surface area (Å²) in [6, 6.07) is 20.9. The van der Waals surface area contributed by atoms with Gasteiger partial charge in [0.2, 0.25) is 5.91 Å². The Morgan fingerprint density at radius 2 is 1.48 bits per heavy atom. The number of hydrogen-bond acceptors (Lipinski definition) is 2. The summed E-state index contributed by atoms with van der Waals surface area (Å²) in [5.41, 5.74) is 3.92. The fraction of sp³-hybridized carbons (Fsp3) is 0.321. The molecular weight excluding hydrogens is 382 g/mol. The SMILES string of the molecule is CC(CO)C(=O)NCC1=CCC=CC=C1.CCc1ccccc1.CCc1ccccc1. The summed E-state index contributed by atoms with van der Waals surface area (Å²) < 4.78 is 0. The highest BCUT2D eigenvalue weighted by Gasteiger charge is 2.10. The summed E-state index contributed by atoms with van der Waals surface area (Å²) in [5, 5.41) is 11.6. The molecule has 0 bridgehead atoms. The van der Waals surface area contributed by atoms with Crippen molar-refractivity contribution in [3.8, 4) is 0 Å². The van der Waals surface area contributed by atoms with Crippen LogP contribution in [0.25, 0.3) is 0 Å². The minimum absolute atomic E-state index is 0.107. The van der Waals surface area contributed by atoms with E-state index in [4.69, 9.17) is 5.11 Å². The average Bonchev–Trinajstić information content (AvgIpc) is 3.12. The normalized spacial score (nSPS) is 12.8. The lowest BCUT2D eigenvalue weighted by atomic mass is 10.1. The molecule has 0 heterocycles. The van der Waals surface area contributed by atoms with Gasteiger partial charge >= 0.3 is 0 Å². The Bertz CT molecular complexity index is 768. The van der Waals surface area contributed by atoms with Crippen molar-refractivity contribution in [2.45, 2.75) is 40.0 Å². The predicted octanol–water partition coefficient (Wildman–Crippen LogP) is 5.67. The van der Waals surface area contributed by atoms with Crippen LogP contribution in [0.1, 0.15) is 38.3 Å². The Morgan fingerprint density at radius 3 is 1.94 bits per heavy atom. The van der Waals surface area contributed by atoms with Crippen LogP contribution in [0.5, 0.6) is 0 Å². The second kappa shape index (κ2) is 16.8. The smallest absolute Gasteiger partial charge is 0.225 e. The first-order chi connectivity index (χ1) is 15.1. The van der Waals surface area contributed by atoms with Gasteiger partial charge in [0.15, 0.2) is 0 Å². The molecule has 0 aromatic heterocycles. The highest BCUT2D eigenvalue weighted by molar-refractivity contribution is 5.78. The largest absolute Gasteiger partial charge is 0.396 e. The van der Waals surface area contributed by atoms with Crippen molar-refractivity contribution in [2.75, 3.05) is 13.2 Å². The van der Waals surface area contributed by atoms with Crippen LogP contribution in [0.15, 0.2) is 96.6 Å². The molecule has 1 amide bonds. The molecule has 3 rings (SSSR count). The molecule has 0 spiro atoms. The van der Waals surface area contributed by atoms with E-state index in [0.717, 1.165) is 24.8 Å². The molecule has 2 N–H and O–H groups in total. The van der Waals surface area contributed by atoms with E-state index in [1.54, 1.807) is 6.92 Å². The lowest BCUT2D eigenvalue weighted by molar-refractivity contribution is -0.125. The van der Waals surface area contributed by atoms with Crippen molar-refractivity contribution in [1.29, 1.82) is 0 Å². The molecule has 0 radical (unpaired) electrons. The van der Waals surface area contributed by atoms with Crippen LogP contribution < -0.4 is 5.32 Å².